The normalized spacial score (nSPS) is 11.4. The Bertz CT molecular complexity index is 917. The summed E-state index contributed by atoms with van der Waals surface area (Å²) in [5, 5.41) is 6.14. The summed E-state index contributed by atoms with van der Waals surface area (Å²) in [6.07, 6.45) is -3.27. The van der Waals surface area contributed by atoms with Crippen molar-refractivity contribution in [2.75, 3.05) is 0 Å². The monoisotopic (exact) mass is 363 g/mol. The van der Waals surface area contributed by atoms with Gasteiger partial charge in [-0.25, -0.2) is 9.07 Å². The van der Waals surface area contributed by atoms with Crippen molar-refractivity contribution in [1.29, 1.82) is 0 Å². The van der Waals surface area contributed by atoms with Gasteiger partial charge in [0, 0.05) is 18.3 Å². The van der Waals surface area contributed by atoms with Crippen LogP contribution in [0.25, 0.3) is 5.69 Å². The number of alkyl halides is 3. The second-order valence-corrected chi connectivity index (χ2v) is 5.50. The maximum Gasteiger partial charge on any atom is 0.435 e. The number of rotatable bonds is 4. The molecule has 0 aliphatic carbocycles. The standard InChI is InChI=1S/C18H13F4N3O/c19-14-3-1-2-13(10-14)17(26)23-11-12-4-6-15(7-5-12)25-9-8-16(24-25)18(20,21)22/h1-10H,11H2,(H,23,26). The Morgan fingerprint density at radius 3 is 2.42 bits per heavy atom. The number of benzene rings is 2. The van der Waals surface area contributed by atoms with Crippen LogP contribution in [0.5, 0.6) is 0 Å². The summed E-state index contributed by atoms with van der Waals surface area (Å²) >= 11 is 0. The lowest BCUT2D eigenvalue weighted by molar-refractivity contribution is -0.141. The molecule has 8 heteroatoms. The van der Waals surface area contributed by atoms with Gasteiger partial charge >= 0.3 is 6.18 Å². The van der Waals surface area contributed by atoms with E-state index >= 15 is 0 Å². The summed E-state index contributed by atoms with van der Waals surface area (Å²) in [4.78, 5) is 12.0. The maximum atomic E-state index is 13.1. The van der Waals surface area contributed by atoms with Gasteiger partial charge in [-0.1, -0.05) is 18.2 Å². The molecule has 0 atom stereocenters. The van der Waals surface area contributed by atoms with E-state index in [-0.39, 0.29) is 12.1 Å². The number of aromatic nitrogens is 2. The number of halogens is 4. The first-order valence-corrected chi connectivity index (χ1v) is 7.59. The van der Waals surface area contributed by atoms with Crippen molar-refractivity contribution in [3.8, 4) is 5.69 Å². The highest BCUT2D eigenvalue weighted by Crippen LogP contribution is 2.27. The molecule has 0 radical (unpaired) electrons. The molecule has 0 saturated carbocycles. The highest BCUT2D eigenvalue weighted by atomic mass is 19.4. The molecule has 1 aromatic heterocycles. The van der Waals surface area contributed by atoms with E-state index in [4.69, 9.17) is 0 Å². The number of nitrogens with one attached hydrogen (secondary N) is 1. The molecule has 0 bridgehead atoms. The highest BCUT2D eigenvalue weighted by Gasteiger charge is 2.33. The fourth-order valence-electron chi connectivity index (χ4n) is 2.30. The third-order valence-corrected chi connectivity index (χ3v) is 3.62. The average Bonchev–Trinajstić information content (AvgIpc) is 3.10. The molecule has 2 aromatic carbocycles. The van der Waals surface area contributed by atoms with Crippen LogP contribution in [-0.4, -0.2) is 15.7 Å². The Kier molecular flexibility index (Phi) is 4.75. The molecular weight excluding hydrogens is 350 g/mol. The Labute approximate surface area is 146 Å². The van der Waals surface area contributed by atoms with Crippen LogP contribution in [0, 0.1) is 5.82 Å². The van der Waals surface area contributed by atoms with Crippen molar-refractivity contribution in [1.82, 2.24) is 15.1 Å². The summed E-state index contributed by atoms with van der Waals surface area (Å²) in [6.45, 7) is 0.197. The zero-order valence-electron chi connectivity index (χ0n) is 13.3. The highest BCUT2D eigenvalue weighted by molar-refractivity contribution is 5.94. The molecule has 26 heavy (non-hydrogen) atoms. The zero-order valence-corrected chi connectivity index (χ0v) is 13.3. The van der Waals surface area contributed by atoms with Gasteiger partial charge in [0.15, 0.2) is 5.69 Å². The van der Waals surface area contributed by atoms with E-state index in [0.717, 1.165) is 22.4 Å². The first-order valence-electron chi connectivity index (χ1n) is 7.59. The first kappa shape index (κ1) is 17.7. The third kappa shape index (κ3) is 4.08. The van der Waals surface area contributed by atoms with E-state index in [1.54, 1.807) is 24.3 Å². The molecule has 0 spiro atoms. The van der Waals surface area contributed by atoms with Crippen molar-refractivity contribution in [3.05, 3.63) is 83.4 Å². The van der Waals surface area contributed by atoms with Crippen molar-refractivity contribution in [2.24, 2.45) is 0 Å². The molecule has 0 aliphatic rings. The largest absolute Gasteiger partial charge is 0.435 e. The van der Waals surface area contributed by atoms with Gasteiger partial charge in [-0.3, -0.25) is 4.79 Å². The van der Waals surface area contributed by atoms with Gasteiger partial charge in [0.05, 0.1) is 5.69 Å². The van der Waals surface area contributed by atoms with E-state index in [1.807, 2.05) is 0 Å². The second kappa shape index (κ2) is 6.99. The predicted molar refractivity (Wildman–Crippen MR) is 86.1 cm³/mol. The molecule has 3 aromatic rings. The van der Waals surface area contributed by atoms with E-state index in [1.165, 1.54) is 24.4 Å². The van der Waals surface area contributed by atoms with Crippen LogP contribution in [-0.2, 0) is 12.7 Å². The van der Waals surface area contributed by atoms with Crippen molar-refractivity contribution in [2.45, 2.75) is 12.7 Å². The van der Waals surface area contributed by atoms with Crippen LogP contribution < -0.4 is 5.32 Å². The number of hydrogen-bond donors (Lipinski definition) is 1. The molecule has 0 aliphatic heterocycles. The first-order chi connectivity index (χ1) is 12.3. The topological polar surface area (TPSA) is 46.9 Å². The van der Waals surface area contributed by atoms with Crippen LogP contribution in [0.4, 0.5) is 17.6 Å². The molecule has 0 unspecified atom stereocenters. The summed E-state index contributed by atoms with van der Waals surface area (Å²) in [5.41, 5.74) is 0.434. The molecular formula is C18H13F4N3O. The van der Waals surface area contributed by atoms with E-state index < -0.39 is 23.6 Å². The lowest BCUT2D eigenvalue weighted by Gasteiger charge is -2.07. The van der Waals surface area contributed by atoms with Gasteiger partial charge < -0.3 is 5.32 Å². The minimum Gasteiger partial charge on any atom is -0.348 e. The smallest absolute Gasteiger partial charge is 0.348 e. The summed E-state index contributed by atoms with van der Waals surface area (Å²) < 4.78 is 52.0. The summed E-state index contributed by atoms with van der Waals surface area (Å²) in [5.74, 6) is -0.921. The Balaban J connectivity index is 1.64. The molecule has 134 valence electrons. The fraction of sp³-hybridized carbons (Fsp3) is 0.111. The number of carbonyl (C=O) groups is 1. The second-order valence-electron chi connectivity index (χ2n) is 5.50. The average molecular weight is 363 g/mol. The molecule has 1 amide bonds. The molecule has 1 heterocycles. The molecule has 0 fully saturated rings. The van der Waals surface area contributed by atoms with Crippen LogP contribution in [0.3, 0.4) is 0 Å². The van der Waals surface area contributed by atoms with Crippen molar-refractivity contribution < 1.29 is 22.4 Å². The van der Waals surface area contributed by atoms with Crippen molar-refractivity contribution >= 4 is 5.91 Å². The van der Waals surface area contributed by atoms with Crippen LogP contribution in [0.2, 0.25) is 0 Å². The van der Waals surface area contributed by atoms with Gasteiger partial charge in [0.1, 0.15) is 5.82 Å². The van der Waals surface area contributed by atoms with Crippen LogP contribution >= 0.6 is 0 Å². The Hall–Kier alpha value is -3.16. The summed E-state index contributed by atoms with van der Waals surface area (Å²) in [6, 6.07) is 12.7. The quantitative estimate of drug-likeness (QED) is 0.714. The lowest BCUT2D eigenvalue weighted by Crippen LogP contribution is -2.22. The molecule has 1 N–H and O–H groups in total. The lowest BCUT2D eigenvalue weighted by atomic mass is 10.2. The van der Waals surface area contributed by atoms with Gasteiger partial charge in [-0.05, 0) is 42.0 Å². The van der Waals surface area contributed by atoms with Gasteiger partial charge in [-0.15, -0.1) is 0 Å². The summed E-state index contributed by atoms with van der Waals surface area (Å²) in [7, 11) is 0. The number of hydrogen-bond acceptors (Lipinski definition) is 2. The zero-order chi connectivity index (χ0) is 18.7. The van der Waals surface area contributed by atoms with Gasteiger partial charge in [0.2, 0.25) is 0 Å². The predicted octanol–water partition coefficient (Wildman–Crippen LogP) is 3.96. The van der Waals surface area contributed by atoms with E-state index in [0.29, 0.717) is 5.69 Å². The number of carbonyl (C=O) groups excluding carboxylic acids is 1. The fourth-order valence-corrected chi connectivity index (χ4v) is 2.30. The van der Waals surface area contributed by atoms with Gasteiger partial charge in [0.25, 0.3) is 5.91 Å². The van der Waals surface area contributed by atoms with Crippen LogP contribution in [0.1, 0.15) is 21.6 Å². The van der Waals surface area contributed by atoms with Crippen molar-refractivity contribution in [3.63, 3.8) is 0 Å². The Morgan fingerprint density at radius 2 is 1.81 bits per heavy atom. The molecule has 0 saturated heterocycles. The van der Waals surface area contributed by atoms with E-state index in [9.17, 15) is 22.4 Å². The van der Waals surface area contributed by atoms with Gasteiger partial charge in [-0.2, -0.15) is 18.3 Å². The molecule has 3 rings (SSSR count). The van der Waals surface area contributed by atoms with Crippen LogP contribution in [0.15, 0.2) is 60.8 Å². The minimum absolute atomic E-state index is 0.197. The Morgan fingerprint density at radius 1 is 1.08 bits per heavy atom. The number of amides is 1. The van der Waals surface area contributed by atoms with E-state index in [2.05, 4.69) is 10.4 Å². The molecule has 4 nitrogen and oxygen atoms in total. The minimum atomic E-state index is -4.49. The SMILES string of the molecule is O=C(NCc1ccc(-n2ccc(C(F)(F)F)n2)cc1)c1cccc(F)c1. The maximum absolute atomic E-state index is 13.1. The third-order valence-electron chi connectivity index (χ3n) is 3.62. The number of nitrogens with zero attached hydrogens (tertiary/aromatic N) is 2.